The van der Waals surface area contributed by atoms with Gasteiger partial charge in [0.1, 0.15) is 5.60 Å². The van der Waals surface area contributed by atoms with E-state index in [0.29, 0.717) is 11.8 Å². The van der Waals surface area contributed by atoms with Crippen LogP contribution >= 0.6 is 0 Å². The number of aliphatic hydroxyl groups is 1. The summed E-state index contributed by atoms with van der Waals surface area (Å²) < 4.78 is 0. The van der Waals surface area contributed by atoms with Crippen molar-refractivity contribution >= 4 is 10.9 Å². The van der Waals surface area contributed by atoms with Crippen LogP contribution in [0, 0.1) is 0 Å². The molecule has 0 saturated heterocycles. The van der Waals surface area contributed by atoms with Crippen molar-refractivity contribution in [3.05, 3.63) is 41.1 Å². The van der Waals surface area contributed by atoms with E-state index in [4.69, 9.17) is 4.98 Å². The van der Waals surface area contributed by atoms with Gasteiger partial charge >= 0.3 is 0 Å². The Kier molecular flexibility index (Phi) is 3.88. The molecule has 0 saturated carbocycles. The fourth-order valence-electron chi connectivity index (χ4n) is 2.40. The van der Waals surface area contributed by atoms with Crippen LogP contribution in [0.3, 0.4) is 0 Å². The van der Waals surface area contributed by atoms with E-state index in [1.165, 1.54) is 11.1 Å². The van der Waals surface area contributed by atoms with Crippen molar-refractivity contribution in [3.63, 3.8) is 0 Å². The molecule has 0 unspecified atom stereocenters. The summed E-state index contributed by atoms with van der Waals surface area (Å²) in [5.41, 5.74) is 3.45. The molecule has 108 valence electrons. The van der Waals surface area contributed by atoms with Crippen LogP contribution in [0.2, 0.25) is 0 Å². The Labute approximate surface area is 121 Å². The topological polar surface area (TPSA) is 33.1 Å². The summed E-state index contributed by atoms with van der Waals surface area (Å²) in [7, 11) is 0. The molecule has 1 N–H and O–H groups in total. The average Bonchev–Trinajstić information content (AvgIpc) is 2.35. The van der Waals surface area contributed by atoms with E-state index in [1.807, 2.05) is 6.07 Å². The highest BCUT2D eigenvalue weighted by Crippen LogP contribution is 2.30. The predicted molar refractivity (Wildman–Crippen MR) is 85.2 cm³/mol. The Morgan fingerprint density at radius 1 is 1.00 bits per heavy atom. The monoisotopic (exact) mass is 271 g/mol. The van der Waals surface area contributed by atoms with Gasteiger partial charge in [-0.25, -0.2) is 4.98 Å². The van der Waals surface area contributed by atoms with Crippen LogP contribution in [0.4, 0.5) is 0 Å². The highest BCUT2D eigenvalue weighted by atomic mass is 16.3. The summed E-state index contributed by atoms with van der Waals surface area (Å²) in [6, 6.07) is 8.48. The molecule has 0 fully saturated rings. The summed E-state index contributed by atoms with van der Waals surface area (Å²) >= 11 is 0. The molecule has 0 radical (unpaired) electrons. The maximum absolute atomic E-state index is 10.2. The number of benzene rings is 1. The molecule has 0 bridgehead atoms. The standard InChI is InChI=1S/C18H25NO/c1-11(2)14-9-13-7-8-16(18(5,6)20)19-17(13)15(10-14)12(3)4/h7-12,20H,1-6H3. The van der Waals surface area contributed by atoms with E-state index in [1.54, 1.807) is 13.8 Å². The van der Waals surface area contributed by atoms with Crippen LogP contribution in [0.5, 0.6) is 0 Å². The zero-order chi connectivity index (χ0) is 15.1. The first-order chi connectivity index (χ1) is 9.20. The molecule has 0 aliphatic heterocycles. The average molecular weight is 271 g/mol. The van der Waals surface area contributed by atoms with E-state index in [-0.39, 0.29) is 0 Å². The Morgan fingerprint density at radius 3 is 2.15 bits per heavy atom. The van der Waals surface area contributed by atoms with E-state index in [2.05, 4.69) is 45.9 Å². The van der Waals surface area contributed by atoms with E-state index >= 15 is 0 Å². The summed E-state index contributed by atoms with van der Waals surface area (Å²) in [6.07, 6.45) is 0. The summed E-state index contributed by atoms with van der Waals surface area (Å²) in [6.45, 7) is 12.4. The van der Waals surface area contributed by atoms with Gasteiger partial charge in [-0.1, -0.05) is 39.8 Å². The van der Waals surface area contributed by atoms with Crippen molar-refractivity contribution in [1.82, 2.24) is 4.98 Å². The lowest BCUT2D eigenvalue weighted by Crippen LogP contribution is -2.17. The van der Waals surface area contributed by atoms with Gasteiger partial charge in [0.05, 0.1) is 11.2 Å². The Hall–Kier alpha value is -1.41. The van der Waals surface area contributed by atoms with Crippen molar-refractivity contribution in [1.29, 1.82) is 0 Å². The van der Waals surface area contributed by atoms with Gasteiger partial charge in [-0.15, -0.1) is 0 Å². The second-order valence-electron chi connectivity index (χ2n) is 6.75. The molecule has 0 amide bonds. The Bertz CT molecular complexity index is 621. The van der Waals surface area contributed by atoms with E-state index in [0.717, 1.165) is 16.6 Å². The minimum absolute atomic E-state index is 0.417. The van der Waals surface area contributed by atoms with Gasteiger partial charge in [-0.2, -0.15) is 0 Å². The lowest BCUT2D eigenvalue weighted by atomic mass is 9.92. The number of hydrogen-bond acceptors (Lipinski definition) is 2. The number of aromatic nitrogens is 1. The molecule has 0 aliphatic carbocycles. The van der Waals surface area contributed by atoms with Gasteiger partial charge < -0.3 is 5.11 Å². The maximum Gasteiger partial charge on any atom is 0.101 e. The molecule has 0 spiro atoms. The molecular weight excluding hydrogens is 246 g/mol. The number of pyridine rings is 1. The fraction of sp³-hybridized carbons (Fsp3) is 0.500. The van der Waals surface area contributed by atoms with Gasteiger partial charge in [0.2, 0.25) is 0 Å². The third-order valence-electron chi connectivity index (χ3n) is 3.76. The molecule has 1 aromatic carbocycles. The largest absolute Gasteiger partial charge is 0.384 e. The smallest absolute Gasteiger partial charge is 0.101 e. The van der Waals surface area contributed by atoms with Crippen LogP contribution in [-0.4, -0.2) is 10.1 Å². The molecule has 1 heterocycles. The minimum Gasteiger partial charge on any atom is -0.384 e. The molecule has 20 heavy (non-hydrogen) atoms. The first-order valence-corrected chi connectivity index (χ1v) is 7.37. The number of nitrogens with zero attached hydrogens (tertiary/aromatic N) is 1. The van der Waals surface area contributed by atoms with Crippen LogP contribution in [0.15, 0.2) is 24.3 Å². The summed E-state index contributed by atoms with van der Waals surface area (Å²) in [5, 5.41) is 11.3. The molecule has 0 aliphatic rings. The SMILES string of the molecule is CC(C)c1cc(C(C)C)c2nc(C(C)(C)O)ccc2c1. The second kappa shape index (κ2) is 5.17. The summed E-state index contributed by atoms with van der Waals surface area (Å²) in [5.74, 6) is 0.923. The highest BCUT2D eigenvalue weighted by molar-refractivity contribution is 5.83. The van der Waals surface area contributed by atoms with Gasteiger partial charge in [0.25, 0.3) is 0 Å². The van der Waals surface area contributed by atoms with Gasteiger partial charge in [-0.3, -0.25) is 0 Å². The second-order valence-corrected chi connectivity index (χ2v) is 6.75. The predicted octanol–water partition coefficient (Wildman–Crippen LogP) is 4.71. The third-order valence-corrected chi connectivity index (χ3v) is 3.76. The molecule has 0 atom stereocenters. The van der Waals surface area contributed by atoms with Crippen LogP contribution in [-0.2, 0) is 5.60 Å². The van der Waals surface area contributed by atoms with E-state index in [9.17, 15) is 5.11 Å². The van der Waals surface area contributed by atoms with Crippen molar-refractivity contribution < 1.29 is 5.11 Å². The molecule has 2 nitrogen and oxygen atoms in total. The fourth-order valence-corrected chi connectivity index (χ4v) is 2.40. The first-order valence-electron chi connectivity index (χ1n) is 7.37. The van der Waals surface area contributed by atoms with Gasteiger partial charge in [0.15, 0.2) is 0 Å². The molecule has 2 heteroatoms. The van der Waals surface area contributed by atoms with Crippen LogP contribution < -0.4 is 0 Å². The molecular formula is C18H25NO. The lowest BCUT2D eigenvalue weighted by molar-refractivity contribution is 0.0742. The first kappa shape index (κ1) is 15.0. The molecule has 2 rings (SSSR count). The van der Waals surface area contributed by atoms with Gasteiger partial charge in [0, 0.05) is 5.39 Å². The van der Waals surface area contributed by atoms with Crippen molar-refractivity contribution in [2.75, 3.05) is 0 Å². The normalized spacial score (nSPS) is 12.7. The van der Waals surface area contributed by atoms with Crippen LogP contribution in [0.1, 0.15) is 70.2 Å². The Morgan fingerprint density at radius 2 is 1.65 bits per heavy atom. The number of hydrogen-bond donors (Lipinski definition) is 1. The van der Waals surface area contributed by atoms with E-state index < -0.39 is 5.60 Å². The van der Waals surface area contributed by atoms with Crippen LogP contribution in [0.25, 0.3) is 10.9 Å². The highest BCUT2D eigenvalue weighted by Gasteiger charge is 2.19. The zero-order valence-electron chi connectivity index (χ0n) is 13.4. The van der Waals surface area contributed by atoms with Gasteiger partial charge in [-0.05, 0) is 48.9 Å². The zero-order valence-corrected chi connectivity index (χ0v) is 13.4. The van der Waals surface area contributed by atoms with Crippen molar-refractivity contribution in [3.8, 4) is 0 Å². The minimum atomic E-state index is -0.904. The maximum atomic E-state index is 10.2. The third kappa shape index (κ3) is 2.85. The summed E-state index contributed by atoms with van der Waals surface area (Å²) in [4.78, 5) is 4.72. The molecule has 2 aromatic rings. The lowest BCUT2D eigenvalue weighted by Gasteiger charge is -2.19. The van der Waals surface area contributed by atoms with Crippen molar-refractivity contribution in [2.24, 2.45) is 0 Å². The molecule has 1 aromatic heterocycles. The van der Waals surface area contributed by atoms with Crippen molar-refractivity contribution in [2.45, 2.75) is 59.0 Å². The Balaban J connectivity index is 2.74. The number of fused-ring (bicyclic) bond motifs is 1. The number of rotatable bonds is 3. The quantitative estimate of drug-likeness (QED) is 0.877.